The topological polar surface area (TPSA) is 66.4 Å². The van der Waals surface area contributed by atoms with Crippen LogP contribution in [0, 0.1) is 13.8 Å². The molecule has 0 aromatic heterocycles. The SMILES string of the molecule is Cc1cc(C)cc(NS(=O)(=O)O)c1.[H-].[Na+]. The summed E-state index contributed by atoms with van der Waals surface area (Å²) in [5, 5.41) is 0. The first kappa shape index (κ1) is 13.9. The van der Waals surface area contributed by atoms with Crippen molar-refractivity contribution in [3.05, 3.63) is 29.3 Å². The molecule has 0 amide bonds. The molecule has 0 unspecified atom stereocenters. The van der Waals surface area contributed by atoms with Gasteiger partial charge in [-0.05, 0) is 37.1 Å². The zero-order valence-electron chi connectivity index (χ0n) is 9.40. The van der Waals surface area contributed by atoms with Crippen molar-refractivity contribution < 1.29 is 44.0 Å². The van der Waals surface area contributed by atoms with E-state index in [4.69, 9.17) is 4.55 Å². The summed E-state index contributed by atoms with van der Waals surface area (Å²) in [5.74, 6) is 0. The van der Waals surface area contributed by atoms with Gasteiger partial charge in [0.25, 0.3) is 0 Å². The summed E-state index contributed by atoms with van der Waals surface area (Å²) in [6.07, 6.45) is 0. The summed E-state index contributed by atoms with van der Waals surface area (Å²) in [5.41, 5.74) is 2.25. The molecule has 1 aromatic rings. The molecular weight excluding hydrogens is 213 g/mol. The third kappa shape index (κ3) is 4.97. The van der Waals surface area contributed by atoms with E-state index in [1.807, 2.05) is 24.6 Å². The van der Waals surface area contributed by atoms with Gasteiger partial charge in [-0.25, -0.2) is 0 Å². The zero-order valence-corrected chi connectivity index (χ0v) is 11.2. The van der Waals surface area contributed by atoms with Crippen LogP contribution in [0.25, 0.3) is 0 Å². The van der Waals surface area contributed by atoms with Crippen molar-refractivity contribution in [3.8, 4) is 0 Å². The zero-order chi connectivity index (χ0) is 10.1. The van der Waals surface area contributed by atoms with Gasteiger partial charge in [0.15, 0.2) is 0 Å². The summed E-state index contributed by atoms with van der Waals surface area (Å²) in [6, 6.07) is 5.19. The van der Waals surface area contributed by atoms with Crippen molar-refractivity contribution >= 4 is 16.0 Å². The van der Waals surface area contributed by atoms with Gasteiger partial charge in [0.2, 0.25) is 0 Å². The first-order chi connectivity index (χ1) is 5.87. The van der Waals surface area contributed by atoms with Crippen LogP contribution in [0.1, 0.15) is 12.6 Å². The summed E-state index contributed by atoms with van der Waals surface area (Å²) in [4.78, 5) is 0. The molecule has 0 atom stereocenters. The molecular formula is C8H12NNaO3S. The van der Waals surface area contributed by atoms with E-state index in [0.717, 1.165) is 11.1 Å². The molecule has 14 heavy (non-hydrogen) atoms. The van der Waals surface area contributed by atoms with Crippen LogP contribution in [0.3, 0.4) is 0 Å². The molecule has 1 rings (SSSR count). The normalized spacial score (nSPS) is 10.5. The van der Waals surface area contributed by atoms with Crippen LogP contribution < -0.4 is 34.3 Å². The van der Waals surface area contributed by atoms with Crippen LogP contribution in [0.15, 0.2) is 18.2 Å². The van der Waals surface area contributed by atoms with Gasteiger partial charge in [-0.2, -0.15) is 8.42 Å². The van der Waals surface area contributed by atoms with Crippen molar-refractivity contribution in [2.75, 3.05) is 4.72 Å². The fourth-order valence-electron chi connectivity index (χ4n) is 1.18. The molecule has 0 aliphatic carbocycles. The maximum absolute atomic E-state index is 10.5. The van der Waals surface area contributed by atoms with Crippen LogP contribution in [0.4, 0.5) is 5.69 Å². The van der Waals surface area contributed by atoms with Gasteiger partial charge in [-0.3, -0.25) is 9.27 Å². The summed E-state index contributed by atoms with van der Waals surface area (Å²) in [6.45, 7) is 3.70. The molecule has 0 aliphatic heterocycles. The van der Waals surface area contributed by atoms with Crippen molar-refractivity contribution in [2.24, 2.45) is 0 Å². The number of nitrogens with one attached hydrogen (secondary N) is 1. The molecule has 0 fully saturated rings. The van der Waals surface area contributed by atoms with Crippen LogP contribution in [0.2, 0.25) is 0 Å². The van der Waals surface area contributed by atoms with Crippen LogP contribution in [0.5, 0.6) is 0 Å². The van der Waals surface area contributed by atoms with E-state index in [-0.39, 0.29) is 31.0 Å². The Kier molecular flexibility index (Phi) is 5.11. The van der Waals surface area contributed by atoms with Crippen molar-refractivity contribution in [2.45, 2.75) is 13.8 Å². The Balaban J connectivity index is 0. The quantitative estimate of drug-likeness (QED) is 0.482. The Bertz CT molecular complexity index is 402. The first-order valence-corrected chi connectivity index (χ1v) is 5.14. The molecule has 0 saturated heterocycles. The second kappa shape index (κ2) is 5.14. The molecule has 74 valence electrons. The molecule has 0 heterocycles. The fourth-order valence-corrected chi connectivity index (χ4v) is 1.60. The fraction of sp³-hybridized carbons (Fsp3) is 0.250. The minimum Gasteiger partial charge on any atom is -1.00 e. The second-order valence-corrected chi connectivity index (χ2v) is 4.11. The average molecular weight is 225 g/mol. The van der Waals surface area contributed by atoms with Crippen molar-refractivity contribution in [1.29, 1.82) is 0 Å². The van der Waals surface area contributed by atoms with E-state index in [0.29, 0.717) is 5.69 Å². The molecule has 4 nitrogen and oxygen atoms in total. The molecule has 0 radical (unpaired) electrons. The van der Waals surface area contributed by atoms with E-state index in [1.165, 1.54) is 0 Å². The number of rotatable bonds is 2. The van der Waals surface area contributed by atoms with Crippen LogP contribution in [-0.4, -0.2) is 13.0 Å². The Hall–Kier alpha value is -0.0700. The van der Waals surface area contributed by atoms with Crippen LogP contribution in [-0.2, 0) is 10.3 Å². The van der Waals surface area contributed by atoms with E-state index in [9.17, 15) is 8.42 Å². The molecule has 0 bridgehead atoms. The van der Waals surface area contributed by atoms with Crippen molar-refractivity contribution in [3.63, 3.8) is 0 Å². The average Bonchev–Trinajstić information content (AvgIpc) is 1.78. The Morgan fingerprint density at radius 3 is 2.00 bits per heavy atom. The minimum atomic E-state index is -4.16. The monoisotopic (exact) mass is 225 g/mol. The van der Waals surface area contributed by atoms with E-state index in [1.54, 1.807) is 12.1 Å². The number of benzene rings is 1. The summed E-state index contributed by atoms with van der Waals surface area (Å²) in [7, 11) is -4.16. The van der Waals surface area contributed by atoms with Gasteiger partial charge in [-0.1, -0.05) is 6.07 Å². The molecule has 1 aromatic carbocycles. The van der Waals surface area contributed by atoms with Gasteiger partial charge in [0, 0.05) is 0 Å². The van der Waals surface area contributed by atoms with Gasteiger partial charge < -0.3 is 1.43 Å². The largest absolute Gasteiger partial charge is 1.00 e. The number of anilines is 1. The number of aryl methyl sites for hydroxylation is 2. The Morgan fingerprint density at radius 2 is 1.64 bits per heavy atom. The summed E-state index contributed by atoms with van der Waals surface area (Å²) >= 11 is 0. The molecule has 6 heteroatoms. The Labute approximate surface area is 107 Å². The third-order valence-electron chi connectivity index (χ3n) is 1.47. The van der Waals surface area contributed by atoms with Crippen LogP contribution >= 0.6 is 0 Å². The molecule has 0 saturated carbocycles. The van der Waals surface area contributed by atoms with Gasteiger partial charge in [0.05, 0.1) is 5.69 Å². The maximum Gasteiger partial charge on any atom is 1.00 e. The third-order valence-corrected chi connectivity index (χ3v) is 1.96. The molecule has 0 spiro atoms. The predicted molar refractivity (Wildman–Crippen MR) is 52.2 cm³/mol. The maximum atomic E-state index is 10.5. The van der Waals surface area contributed by atoms with E-state index >= 15 is 0 Å². The number of hydrogen-bond acceptors (Lipinski definition) is 2. The predicted octanol–water partition coefficient (Wildman–Crippen LogP) is -1.37. The standard InChI is InChI=1S/C8H11NO3S.Na.H/c1-6-3-7(2)5-8(4-6)9-13(10,11)12;;/h3-5,9H,1-2H3,(H,10,11,12);;/q;+1;-1. The Morgan fingerprint density at radius 1 is 1.21 bits per heavy atom. The second-order valence-electron chi connectivity index (χ2n) is 2.95. The molecule has 2 N–H and O–H groups in total. The smallest absolute Gasteiger partial charge is 1.00 e. The van der Waals surface area contributed by atoms with Gasteiger partial charge >= 0.3 is 39.9 Å². The first-order valence-electron chi connectivity index (χ1n) is 3.70. The molecule has 0 aliphatic rings. The van der Waals surface area contributed by atoms with E-state index in [2.05, 4.69) is 0 Å². The van der Waals surface area contributed by atoms with Gasteiger partial charge in [0.1, 0.15) is 0 Å². The van der Waals surface area contributed by atoms with Gasteiger partial charge in [-0.15, -0.1) is 0 Å². The van der Waals surface area contributed by atoms with Crippen molar-refractivity contribution in [1.82, 2.24) is 0 Å². The number of hydrogen-bond donors (Lipinski definition) is 2. The summed E-state index contributed by atoms with van der Waals surface area (Å²) < 4.78 is 31.4. The minimum absolute atomic E-state index is 0. The van der Waals surface area contributed by atoms with E-state index < -0.39 is 10.3 Å².